The minimum atomic E-state index is -1.15. The number of carboxylic acids is 1. The molecule has 0 amide bonds. The Morgan fingerprint density at radius 1 is 1.31 bits per heavy atom. The summed E-state index contributed by atoms with van der Waals surface area (Å²) in [6.07, 6.45) is 0. The highest BCUT2D eigenvalue weighted by Crippen LogP contribution is 2.35. The van der Waals surface area contributed by atoms with Crippen LogP contribution in [0.1, 0.15) is 16.5 Å². The predicted molar refractivity (Wildman–Crippen MR) is 60.5 cm³/mol. The van der Waals surface area contributed by atoms with Gasteiger partial charge in [0.25, 0.3) is 0 Å². The first-order valence-electron chi connectivity index (χ1n) is 4.60. The summed E-state index contributed by atoms with van der Waals surface area (Å²) < 4.78 is 10.2. The van der Waals surface area contributed by atoms with Crippen LogP contribution in [0.25, 0.3) is 0 Å². The molecule has 0 aromatic heterocycles. The fourth-order valence-electron chi connectivity index (χ4n) is 1.41. The highest BCUT2D eigenvalue weighted by atomic mass is 35.5. The predicted octanol–water partition coefficient (Wildman–Crippen LogP) is 2.38. The summed E-state index contributed by atoms with van der Waals surface area (Å²) in [7, 11) is 2.98. The third-order valence-electron chi connectivity index (χ3n) is 2.24. The van der Waals surface area contributed by atoms with Crippen LogP contribution in [0.4, 0.5) is 0 Å². The van der Waals surface area contributed by atoms with Gasteiger partial charge in [0.05, 0.1) is 14.2 Å². The number of hydrogen-bond donors (Lipinski definition) is 1. The van der Waals surface area contributed by atoms with Crippen LogP contribution < -0.4 is 9.47 Å². The molecule has 0 aliphatic carbocycles. The average Bonchev–Trinajstić information content (AvgIpc) is 2.27. The average molecular weight is 245 g/mol. The lowest BCUT2D eigenvalue weighted by Crippen LogP contribution is -2.07. The van der Waals surface area contributed by atoms with E-state index in [0.29, 0.717) is 17.1 Å². The van der Waals surface area contributed by atoms with Gasteiger partial charge in [-0.25, -0.2) is 0 Å². The largest absolute Gasteiger partial charge is 0.496 e. The molecule has 0 saturated carbocycles. The molecule has 5 heteroatoms. The second-order valence-electron chi connectivity index (χ2n) is 3.26. The monoisotopic (exact) mass is 244 g/mol. The third kappa shape index (κ3) is 2.39. The van der Waals surface area contributed by atoms with Gasteiger partial charge in [-0.2, -0.15) is 0 Å². The molecule has 1 N–H and O–H groups in total. The molecule has 0 radical (unpaired) electrons. The summed E-state index contributed by atoms with van der Waals surface area (Å²) in [5.74, 6) is -0.0886. The topological polar surface area (TPSA) is 55.8 Å². The second-order valence-corrected chi connectivity index (χ2v) is 3.70. The molecule has 1 atom stereocenters. The summed E-state index contributed by atoms with van der Waals surface area (Å²) in [5.41, 5.74) is 1.25. The first-order chi connectivity index (χ1) is 7.51. The number of rotatable bonds is 4. The molecule has 1 aromatic rings. The van der Waals surface area contributed by atoms with E-state index >= 15 is 0 Å². The van der Waals surface area contributed by atoms with E-state index in [-0.39, 0.29) is 0 Å². The van der Waals surface area contributed by atoms with Gasteiger partial charge in [-0.15, -0.1) is 11.6 Å². The van der Waals surface area contributed by atoms with Crippen molar-refractivity contribution in [2.45, 2.75) is 12.3 Å². The molecule has 1 aromatic carbocycles. The zero-order valence-corrected chi connectivity index (χ0v) is 10.0. The number of hydrogen-bond acceptors (Lipinski definition) is 3. The summed E-state index contributed by atoms with van der Waals surface area (Å²) in [4.78, 5) is 10.8. The van der Waals surface area contributed by atoms with Crippen molar-refractivity contribution in [3.8, 4) is 11.5 Å². The van der Waals surface area contributed by atoms with Crippen molar-refractivity contribution in [3.05, 3.63) is 23.3 Å². The lowest BCUT2D eigenvalue weighted by molar-refractivity contribution is -0.136. The van der Waals surface area contributed by atoms with E-state index in [1.54, 1.807) is 12.1 Å². The van der Waals surface area contributed by atoms with Crippen molar-refractivity contribution in [2.75, 3.05) is 14.2 Å². The maximum absolute atomic E-state index is 10.8. The molecule has 0 spiro atoms. The standard InChI is InChI=1S/C11H13ClO4/c1-6-4-9(16-3)7(5-8(6)15-2)10(12)11(13)14/h4-5,10H,1-3H3,(H,13,14). The number of ether oxygens (including phenoxy) is 2. The van der Waals surface area contributed by atoms with Gasteiger partial charge in [0.2, 0.25) is 0 Å². The van der Waals surface area contributed by atoms with Crippen LogP contribution in [-0.2, 0) is 4.79 Å². The smallest absolute Gasteiger partial charge is 0.326 e. The van der Waals surface area contributed by atoms with Gasteiger partial charge in [0.1, 0.15) is 11.5 Å². The number of aryl methyl sites for hydroxylation is 1. The van der Waals surface area contributed by atoms with Crippen LogP contribution in [0.3, 0.4) is 0 Å². The van der Waals surface area contributed by atoms with E-state index in [1.165, 1.54) is 14.2 Å². The highest BCUT2D eigenvalue weighted by molar-refractivity contribution is 6.29. The summed E-state index contributed by atoms with van der Waals surface area (Å²) in [5, 5.41) is 7.71. The Morgan fingerprint density at radius 3 is 2.31 bits per heavy atom. The minimum Gasteiger partial charge on any atom is -0.496 e. The zero-order chi connectivity index (χ0) is 12.3. The van der Waals surface area contributed by atoms with Gasteiger partial charge in [-0.3, -0.25) is 4.79 Å². The van der Waals surface area contributed by atoms with Gasteiger partial charge in [0, 0.05) is 5.56 Å². The Bertz CT molecular complexity index is 403. The molecule has 4 nitrogen and oxygen atoms in total. The van der Waals surface area contributed by atoms with Crippen molar-refractivity contribution >= 4 is 17.6 Å². The number of methoxy groups -OCH3 is 2. The van der Waals surface area contributed by atoms with Crippen LogP contribution in [0.2, 0.25) is 0 Å². The van der Waals surface area contributed by atoms with Crippen molar-refractivity contribution in [2.24, 2.45) is 0 Å². The van der Waals surface area contributed by atoms with E-state index in [2.05, 4.69) is 0 Å². The van der Waals surface area contributed by atoms with Crippen molar-refractivity contribution in [1.82, 2.24) is 0 Å². The maximum Gasteiger partial charge on any atom is 0.326 e. The Hall–Kier alpha value is -1.42. The van der Waals surface area contributed by atoms with Gasteiger partial charge in [-0.1, -0.05) is 0 Å². The molecule has 0 heterocycles. The molecule has 0 bridgehead atoms. The molecule has 1 unspecified atom stereocenters. The molecule has 16 heavy (non-hydrogen) atoms. The Labute approximate surface area is 98.7 Å². The van der Waals surface area contributed by atoms with Gasteiger partial charge in [0.15, 0.2) is 5.38 Å². The number of benzene rings is 1. The van der Waals surface area contributed by atoms with E-state index in [0.717, 1.165) is 5.56 Å². The lowest BCUT2D eigenvalue weighted by atomic mass is 10.1. The fourth-order valence-corrected chi connectivity index (χ4v) is 1.58. The number of carbonyl (C=O) groups is 1. The van der Waals surface area contributed by atoms with E-state index in [4.69, 9.17) is 26.2 Å². The summed E-state index contributed by atoms with van der Waals surface area (Å²) in [6, 6.07) is 3.28. The SMILES string of the molecule is COc1cc(C(Cl)C(=O)O)c(OC)cc1C. The normalized spacial score (nSPS) is 12.0. The van der Waals surface area contributed by atoms with E-state index < -0.39 is 11.3 Å². The molecular weight excluding hydrogens is 232 g/mol. The quantitative estimate of drug-likeness (QED) is 0.827. The molecule has 0 aliphatic heterocycles. The Morgan fingerprint density at radius 2 is 1.88 bits per heavy atom. The maximum atomic E-state index is 10.8. The minimum absolute atomic E-state index is 0.388. The molecular formula is C11H13ClO4. The zero-order valence-electron chi connectivity index (χ0n) is 9.28. The number of aliphatic carboxylic acids is 1. The van der Waals surface area contributed by atoms with Gasteiger partial charge in [-0.05, 0) is 24.6 Å². The lowest BCUT2D eigenvalue weighted by Gasteiger charge is -2.14. The number of alkyl halides is 1. The van der Waals surface area contributed by atoms with Crippen molar-refractivity contribution < 1.29 is 19.4 Å². The summed E-state index contributed by atoms with van der Waals surface area (Å²) in [6.45, 7) is 1.84. The molecule has 0 saturated heterocycles. The van der Waals surface area contributed by atoms with Crippen LogP contribution in [0.5, 0.6) is 11.5 Å². The van der Waals surface area contributed by atoms with Crippen molar-refractivity contribution in [3.63, 3.8) is 0 Å². The van der Waals surface area contributed by atoms with Crippen LogP contribution in [0.15, 0.2) is 12.1 Å². The number of carboxylic acid groups (broad SMARTS) is 1. The molecule has 88 valence electrons. The molecule has 1 rings (SSSR count). The van der Waals surface area contributed by atoms with E-state index in [9.17, 15) is 4.79 Å². The summed E-state index contributed by atoms with van der Waals surface area (Å²) >= 11 is 5.77. The first kappa shape index (κ1) is 12.6. The number of halogens is 1. The highest BCUT2D eigenvalue weighted by Gasteiger charge is 2.22. The van der Waals surface area contributed by atoms with Gasteiger partial charge >= 0.3 is 5.97 Å². The van der Waals surface area contributed by atoms with Gasteiger partial charge < -0.3 is 14.6 Å². The van der Waals surface area contributed by atoms with E-state index in [1.807, 2.05) is 6.92 Å². The second kappa shape index (κ2) is 5.07. The van der Waals surface area contributed by atoms with Crippen LogP contribution in [0, 0.1) is 6.92 Å². The Balaban J connectivity index is 3.29. The van der Waals surface area contributed by atoms with Crippen LogP contribution >= 0.6 is 11.6 Å². The van der Waals surface area contributed by atoms with Crippen LogP contribution in [-0.4, -0.2) is 25.3 Å². The molecule has 0 fully saturated rings. The fraction of sp³-hybridized carbons (Fsp3) is 0.364. The Kier molecular flexibility index (Phi) is 4.01. The van der Waals surface area contributed by atoms with Crippen molar-refractivity contribution in [1.29, 1.82) is 0 Å². The molecule has 0 aliphatic rings. The first-order valence-corrected chi connectivity index (χ1v) is 5.04. The third-order valence-corrected chi connectivity index (χ3v) is 2.66.